The van der Waals surface area contributed by atoms with Crippen LogP contribution in [-0.2, 0) is 14.8 Å². The first-order chi connectivity index (χ1) is 16.2. The Morgan fingerprint density at radius 1 is 1.21 bits per heavy atom. The van der Waals surface area contributed by atoms with Crippen molar-refractivity contribution >= 4 is 33.4 Å². The molecule has 0 unspecified atom stereocenters. The zero-order valence-electron chi connectivity index (χ0n) is 19.0. The van der Waals surface area contributed by atoms with Crippen LogP contribution >= 0.6 is 11.8 Å². The van der Waals surface area contributed by atoms with Gasteiger partial charge < -0.3 is 11.2 Å². The number of carbonyl (C=O) groups is 1. The van der Waals surface area contributed by atoms with Crippen molar-refractivity contribution in [3.8, 4) is 17.5 Å². The molecule has 0 aliphatic carbocycles. The summed E-state index contributed by atoms with van der Waals surface area (Å²) in [5.41, 5.74) is 1.26. The van der Waals surface area contributed by atoms with Gasteiger partial charge >= 0.3 is 0 Å². The summed E-state index contributed by atoms with van der Waals surface area (Å²) < 4.78 is 28.3. The Labute approximate surface area is 202 Å². The van der Waals surface area contributed by atoms with E-state index in [1.807, 2.05) is 6.07 Å². The van der Waals surface area contributed by atoms with Crippen molar-refractivity contribution < 1.29 is 13.2 Å². The highest BCUT2D eigenvalue weighted by atomic mass is 32.2. The molecule has 3 N–H and O–H groups in total. The third-order valence-electron chi connectivity index (χ3n) is 5.06. The smallest absolute Gasteiger partial charge is 0.243 e. The lowest BCUT2D eigenvalue weighted by Gasteiger charge is -2.18. The maximum absolute atomic E-state index is 12.9. The number of para-hydroxylation sites is 1. The maximum Gasteiger partial charge on any atom is 0.243 e. The first kappa shape index (κ1) is 25.2. The predicted octanol–water partition coefficient (Wildman–Crippen LogP) is 2.68. The number of rotatable bonds is 9. The van der Waals surface area contributed by atoms with E-state index in [0.29, 0.717) is 29.9 Å². The van der Waals surface area contributed by atoms with Gasteiger partial charge in [0.1, 0.15) is 6.07 Å². The van der Waals surface area contributed by atoms with Crippen LogP contribution in [0.15, 0.2) is 58.6 Å². The molecule has 178 valence electrons. The summed E-state index contributed by atoms with van der Waals surface area (Å²) in [5.74, 6) is 6.13. The normalized spacial score (nSPS) is 12.3. The minimum atomic E-state index is -3.65. The number of hydrogen-bond donors (Lipinski definition) is 2. The molecule has 0 saturated heterocycles. The SMILES string of the molecule is CCN(CC)S(=O)(=O)c1cccc(-c2nnc(S[C@H](C)C(=O)Nc3ccccc3C#N)n2N)c1. The molecule has 3 aromatic rings. The fraction of sp³-hybridized carbons (Fsp3) is 0.273. The summed E-state index contributed by atoms with van der Waals surface area (Å²) in [6.45, 7) is 5.95. The molecule has 10 nitrogen and oxygen atoms in total. The Bertz CT molecular complexity index is 1330. The van der Waals surface area contributed by atoms with Crippen LogP contribution in [0, 0.1) is 11.3 Å². The minimum absolute atomic E-state index is 0.134. The van der Waals surface area contributed by atoms with Crippen molar-refractivity contribution in [2.24, 2.45) is 0 Å². The number of thioether (sulfide) groups is 1. The second kappa shape index (κ2) is 10.7. The summed E-state index contributed by atoms with van der Waals surface area (Å²) in [4.78, 5) is 12.8. The molecular formula is C22H25N7O3S2. The number of anilines is 1. The number of amides is 1. The molecule has 1 aromatic heterocycles. The van der Waals surface area contributed by atoms with Crippen LogP contribution < -0.4 is 11.2 Å². The molecule has 0 aliphatic heterocycles. The molecule has 1 amide bonds. The lowest BCUT2D eigenvalue weighted by Crippen LogP contribution is -2.30. The molecule has 0 radical (unpaired) electrons. The summed E-state index contributed by atoms with van der Waals surface area (Å²) in [6.07, 6.45) is 0. The average Bonchev–Trinajstić information content (AvgIpc) is 3.19. The standard InChI is InChI=1S/C22H25N7O3S2/c1-4-28(5-2)34(31,32)18-11-8-10-16(13-18)20-26-27-22(29(20)24)33-15(3)21(30)25-19-12-7-6-9-17(19)14-23/h6-13,15H,4-5,24H2,1-3H3,(H,25,30)/t15-/m1/s1. The number of benzene rings is 2. The second-order valence-electron chi connectivity index (χ2n) is 7.20. The lowest BCUT2D eigenvalue weighted by atomic mass is 10.2. The van der Waals surface area contributed by atoms with Crippen LogP contribution in [0.25, 0.3) is 11.4 Å². The van der Waals surface area contributed by atoms with E-state index in [4.69, 9.17) is 5.84 Å². The lowest BCUT2D eigenvalue weighted by molar-refractivity contribution is -0.115. The second-order valence-corrected chi connectivity index (χ2v) is 10.4. The van der Waals surface area contributed by atoms with Crippen molar-refractivity contribution in [3.05, 3.63) is 54.1 Å². The number of nitrogens with two attached hydrogens (primary N) is 1. The van der Waals surface area contributed by atoms with Gasteiger partial charge in [0.2, 0.25) is 21.1 Å². The van der Waals surface area contributed by atoms with Crippen molar-refractivity contribution in [1.29, 1.82) is 5.26 Å². The monoisotopic (exact) mass is 499 g/mol. The largest absolute Gasteiger partial charge is 0.335 e. The van der Waals surface area contributed by atoms with Crippen molar-refractivity contribution in [2.75, 3.05) is 24.2 Å². The van der Waals surface area contributed by atoms with Crippen LogP contribution in [-0.4, -0.2) is 51.8 Å². The molecule has 34 heavy (non-hydrogen) atoms. The number of nitrogens with zero attached hydrogens (tertiary/aromatic N) is 5. The number of nitriles is 1. The minimum Gasteiger partial charge on any atom is -0.335 e. The van der Waals surface area contributed by atoms with E-state index in [9.17, 15) is 18.5 Å². The Morgan fingerprint density at radius 3 is 2.59 bits per heavy atom. The summed E-state index contributed by atoms with van der Waals surface area (Å²) in [7, 11) is -3.65. The van der Waals surface area contributed by atoms with E-state index >= 15 is 0 Å². The molecule has 1 atom stereocenters. The van der Waals surface area contributed by atoms with Gasteiger partial charge in [-0.05, 0) is 31.2 Å². The third kappa shape index (κ3) is 5.22. The van der Waals surface area contributed by atoms with E-state index in [0.717, 1.165) is 11.8 Å². The number of nitrogens with one attached hydrogen (secondary N) is 1. The highest BCUT2D eigenvalue weighted by Crippen LogP contribution is 2.27. The van der Waals surface area contributed by atoms with E-state index in [2.05, 4.69) is 15.5 Å². The van der Waals surface area contributed by atoms with Crippen LogP contribution in [0.3, 0.4) is 0 Å². The van der Waals surface area contributed by atoms with Crippen LogP contribution in [0.2, 0.25) is 0 Å². The van der Waals surface area contributed by atoms with Gasteiger partial charge in [-0.25, -0.2) is 13.1 Å². The summed E-state index contributed by atoms with van der Waals surface area (Å²) >= 11 is 1.09. The topological polar surface area (TPSA) is 147 Å². The zero-order valence-corrected chi connectivity index (χ0v) is 20.6. The molecule has 12 heteroatoms. The molecule has 0 spiro atoms. The molecule has 0 bridgehead atoms. The van der Waals surface area contributed by atoms with E-state index in [1.165, 1.54) is 21.1 Å². The van der Waals surface area contributed by atoms with Crippen LogP contribution in [0.1, 0.15) is 26.3 Å². The average molecular weight is 500 g/mol. The Hall–Kier alpha value is -3.40. The predicted molar refractivity (Wildman–Crippen MR) is 131 cm³/mol. The summed E-state index contributed by atoms with van der Waals surface area (Å²) in [6, 6.07) is 15.1. The Morgan fingerprint density at radius 2 is 1.91 bits per heavy atom. The van der Waals surface area contributed by atoms with E-state index in [-0.39, 0.29) is 21.8 Å². The number of carbonyl (C=O) groups excluding carboxylic acids is 1. The molecule has 3 rings (SSSR count). The number of nitrogen functional groups attached to an aromatic ring is 1. The number of aromatic nitrogens is 3. The van der Waals surface area contributed by atoms with Crippen LogP contribution in [0.4, 0.5) is 5.69 Å². The quantitative estimate of drug-likeness (QED) is 0.337. The third-order valence-corrected chi connectivity index (χ3v) is 8.16. The molecule has 0 fully saturated rings. The van der Waals surface area contributed by atoms with Crippen molar-refractivity contribution in [3.63, 3.8) is 0 Å². The molecular weight excluding hydrogens is 474 g/mol. The van der Waals surface area contributed by atoms with Crippen molar-refractivity contribution in [1.82, 2.24) is 19.2 Å². The number of sulfonamides is 1. The molecule has 2 aromatic carbocycles. The van der Waals surface area contributed by atoms with Gasteiger partial charge in [0.05, 0.1) is 21.4 Å². The molecule has 1 heterocycles. The summed E-state index contributed by atoms with van der Waals surface area (Å²) in [5, 5.41) is 19.8. The first-order valence-electron chi connectivity index (χ1n) is 10.5. The van der Waals surface area contributed by atoms with Gasteiger partial charge in [0.25, 0.3) is 0 Å². The number of hydrogen-bond acceptors (Lipinski definition) is 8. The zero-order chi connectivity index (χ0) is 24.9. The highest BCUT2D eigenvalue weighted by Gasteiger charge is 2.24. The van der Waals surface area contributed by atoms with Gasteiger partial charge in [0, 0.05) is 18.7 Å². The van der Waals surface area contributed by atoms with Gasteiger partial charge in [0.15, 0.2) is 5.82 Å². The Kier molecular flexibility index (Phi) is 7.93. The van der Waals surface area contributed by atoms with Crippen LogP contribution in [0.5, 0.6) is 0 Å². The fourth-order valence-corrected chi connectivity index (χ4v) is 5.47. The van der Waals surface area contributed by atoms with Crippen molar-refractivity contribution in [2.45, 2.75) is 36.1 Å². The first-order valence-corrected chi connectivity index (χ1v) is 12.8. The Balaban J connectivity index is 1.80. The fourth-order valence-electron chi connectivity index (χ4n) is 3.20. The maximum atomic E-state index is 12.9. The van der Waals surface area contributed by atoms with Gasteiger partial charge in [-0.3, -0.25) is 4.79 Å². The van der Waals surface area contributed by atoms with E-state index < -0.39 is 15.3 Å². The highest BCUT2D eigenvalue weighted by molar-refractivity contribution is 8.00. The molecule has 0 saturated carbocycles. The van der Waals surface area contributed by atoms with E-state index in [1.54, 1.807) is 57.2 Å². The van der Waals surface area contributed by atoms with Gasteiger partial charge in [-0.1, -0.05) is 49.9 Å². The van der Waals surface area contributed by atoms with Gasteiger partial charge in [-0.15, -0.1) is 10.2 Å². The molecule has 0 aliphatic rings. The van der Waals surface area contributed by atoms with Gasteiger partial charge in [-0.2, -0.15) is 9.57 Å².